The van der Waals surface area contributed by atoms with E-state index >= 15 is 0 Å². The van der Waals surface area contributed by atoms with Crippen molar-refractivity contribution >= 4 is 37.3 Å². The van der Waals surface area contributed by atoms with Gasteiger partial charge in [0.15, 0.2) is 0 Å². The molecule has 2 aromatic carbocycles. The molecule has 0 unspecified atom stereocenters. The Morgan fingerprint density at radius 3 is 2.23 bits per heavy atom. The lowest BCUT2D eigenvalue weighted by molar-refractivity contribution is 0.0729. The van der Waals surface area contributed by atoms with E-state index in [1.807, 2.05) is 0 Å². The van der Waals surface area contributed by atoms with E-state index in [4.69, 9.17) is 4.74 Å². The molecule has 4 rings (SSSR count). The summed E-state index contributed by atoms with van der Waals surface area (Å²) in [5.74, 6) is -0.561. The number of carbonyl (C=O) groups excluding carboxylic acids is 1. The van der Waals surface area contributed by atoms with Crippen LogP contribution in [0.2, 0.25) is 0 Å². The number of sulfonamides is 2. The number of ether oxygens (including phenoxy) is 1. The van der Waals surface area contributed by atoms with Crippen LogP contribution in [0.4, 0.5) is 11.4 Å². The van der Waals surface area contributed by atoms with Crippen LogP contribution in [0.5, 0.6) is 0 Å². The van der Waals surface area contributed by atoms with Gasteiger partial charge in [-0.2, -0.15) is 4.31 Å². The zero-order valence-electron chi connectivity index (χ0n) is 18.6. The second-order valence-corrected chi connectivity index (χ2v) is 11.4. The van der Waals surface area contributed by atoms with Gasteiger partial charge in [-0.1, -0.05) is 12.1 Å². The number of pyridine rings is 1. The first-order valence-corrected chi connectivity index (χ1v) is 13.8. The van der Waals surface area contributed by atoms with Crippen molar-refractivity contribution in [3.63, 3.8) is 0 Å². The number of aromatic nitrogens is 1. The number of anilines is 2. The van der Waals surface area contributed by atoms with Crippen molar-refractivity contribution in [3.05, 3.63) is 84.2 Å². The number of hydrogen-bond acceptors (Lipinski definition) is 7. The smallest absolute Gasteiger partial charge is 0.261 e. The number of hydrogen-bond donors (Lipinski definition) is 2. The molecule has 3 aromatic rings. The van der Waals surface area contributed by atoms with E-state index in [-0.39, 0.29) is 10.6 Å². The van der Waals surface area contributed by atoms with Crippen LogP contribution < -0.4 is 10.0 Å². The predicted octanol–water partition coefficient (Wildman–Crippen LogP) is 2.30. The molecule has 0 bridgehead atoms. The normalized spacial score (nSPS) is 14.9. The number of rotatable bonds is 8. The van der Waals surface area contributed by atoms with Gasteiger partial charge in [-0.15, -0.1) is 0 Å². The Hall–Kier alpha value is -3.32. The number of morpholine rings is 1. The number of amides is 1. The fourth-order valence-electron chi connectivity index (χ4n) is 3.44. The van der Waals surface area contributed by atoms with Crippen molar-refractivity contribution in [3.8, 4) is 0 Å². The molecule has 0 atom stereocenters. The summed E-state index contributed by atoms with van der Waals surface area (Å²) in [5, 5.41) is 2.70. The summed E-state index contributed by atoms with van der Waals surface area (Å²) in [4.78, 5) is 16.5. The van der Waals surface area contributed by atoms with E-state index in [9.17, 15) is 21.6 Å². The summed E-state index contributed by atoms with van der Waals surface area (Å²) < 4.78 is 59.2. The highest BCUT2D eigenvalue weighted by molar-refractivity contribution is 7.92. The molecule has 2 N–H and O–H groups in total. The van der Waals surface area contributed by atoms with Gasteiger partial charge in [0.05, 0.1) is 35.7 Å². The summed E-state index contributed by atoms with van der Waals surface area (Å²) in [6, 6.07) is 15.3. The van der Waals surface area contributed by atoms with Gasteiger partial charge >= 0.3 is 0 Å². The second-order valence-electron chi connectivity index (χ2n) is 7.79. The first-order valence-electron chi connectivity index (χ1n) is 10.7. The molecule has 2 heterocycles. The first-order chi connectivity index (χ1) is 16.7. The quantitative estimate of drug-likeness (QED) is 0.469. The Balaban J connectivity index is 1.37. The van der Waals surface area contributed by atoms with Gasteiger partial charge < -0.3 is 10.1 Å². The topological polar surface area (TPSA) is 135 Å². The Morgan fingerprint density at radius 1 is 0.914 bits per heavy atom. The van der Waals surface area contributed by atoms with Crippen molar-refractivity contribution in [2.75, 3.05) is 36.3 Å². The van der Waals surface area contributed by atoms with Gasteiger partial charge in [-0.25, -0.2) is 16.8 Å². The molecule has 35 heavy (non-hydrogen) atoms. The maximum atomic E-state index is 12.6. The molecule has 0 saturated carbocycles. The maximum Gasteiger partial charge on any atom is 0.261 e. The third-order valence-electron chi connectivity index (χ3n) is 5.26. The van der Waals surface area contributed by atoms with Gasteiger partial charge in [-0.3, -0.25) is 14.5 Å². The molecule has 1 fully saturated rings. The van der Waals surface area contributed by atoms with Gasteiger partial charge in [0, 0.05) is 30.5 Å². The third-order valence-corrected chi connectivity index (χ3v) is 8.51. The molecule has 0 aliphatic carbocycles. The van der Waals surface area contributed by atoms with Crippen LogP contribution in [0, 0.1) is 0 Å². The van der Waals surface area contributed by atoms with Gasteiger partial charge in [0.2, 0.25) is 10.0 Å². The maximum absolute atomic E-state index is 12.6. The van der Waals surface area contributed by atoms with E-state index in [0.29, 0.717) is 48.8 Å². The molecule has 1 amide bonds. The summed E-state index contributed by atoms with van der Waals surface area (Å²) in [7, 11) is -7.26. The highest BCUT2D eigenvalue weighted by Gasteiger charge is 2.24. The fraction of sp³-hybridized carbons (Fsp3) is 0.217. The zero-order chi connectivity index (χ0) is 24.9. The Labute approximate surface area is 204 Å². The molecule has 0 radical (unpaired) electrons. The fourth-order valence-corrected chi connectivity index (χ4v) is 5.98. The lowest BCUT2D eigenvalue weighted by Crippen LogP contribution is -2.41. The summed E-state index contributed by atoms with van der Waals surface area (Å²) in [6.07, 6.45) is 2.94. The molecule has 1 saturated heterocycles. The van der Waals surface area contributed by atoms with Crippen molar-refractivity contribution in [2.45, 2.75) is 10.6 Å². The summed E-state index contributed by atoms with van der Waals surface area (Å²) in [5.41, 5.74) is 1.66. The predicted molar refractivity (Wildman–Crippen MR) is 131 cm³/mol. The van der Waals surface area contributed by atoms with Crippen LogP contribution in [0.25, 0.3) is 0 Å². The average Bonchev–Trinajstić information content (AvgIpc) is 2.85. The number of carbonyl (C=O) groups is 1. The van der Waals surface area contributed by atoms with Crippen molar-refractivity contribution in [1.29, 1.82) is 0 Å². The lowest BCUT2D eigenvalue weighted by atomic mass is 10.1. The summed E-state index contributed by atoms with van der Waals surface area (Å²) >= 11 is 0. The molecule has 0 spiro atoms. The molecule has 12 heteroatoms. The lowest BCUT2D eigenvalue weighted by Gasteiger charge is -2.26. The highest BCUT2D eigenvalue weighted by atomic mass is 32.2. The largest absolute Gasteiger partial charge is 0.379 e. The minimum Gasteiger partial charge on any atom is -0.379 e. The second kappa shape index (κ2) is 10.5. The van der Waals surface area contributed by atoms with E-state index in [0.717, 1.165) is 0 Å². The Morgan fingerprint density at radius 2 is 1.60 bits per heavy atom. The number of benzene rings is 2. The molecule has 184 valence electrons. The van der Waals surface area contributed by atoms with E-state index in [1.54, 1.807) is 36.4 Å². The van der Waals surface area contributed by atoms with Crippen LogP contribution in [0.15, 0.2) is 78.0 Å². The summed E-state index contributed by atoms with van der Waals surface area (Å²) in [6.45, 7) is 1.43. The van der Waals surface area contributed by atoms with Crippen LogP contribution in [-0.2, 0) is 30.5 Å². The van der Waals surface area contributed by atoms with Crippen molar-refractivity contribution in [2.24, 2.45) is 0 Å². The van der Waals surface area contributed by atoms with Crippen LogP contribution in [0.1, 0.15) is 15.9 Å². The highest BCUT2D eigenvalue weighted by Crippen LogP contribution is 2.19. The standard InChI is InChI=1S/C23H24N4O6S2/c28-23(19-5-3-18(4-6-19)17-34(29,30)27-12-14-33-15-13-27)25-20-7-9-22(10-8-20)35(31,32)26-21-2-1-11-24-16-21/h1-11,16,26H,12-15,17H2,(H,25,28). The minimum atomic E-state index is -3.80. The SMILES string of the molecule is O=C(Nc1ccc(S(=O)(=O)Nc2cccnc2)cc1)c1ccc(CS(=O)(=O)N2CCOCC2)cc1. The zero-order valence-corrected chi connectivity index (χ0v) is 20.3. The van der Waals surface area contributed by atoms with E-state index in [1.165, 1.54) is 41.0 Å². The first kappa shape index (κ1) is 24.8. The molecule has 10 nitrogen and oxygen atoms in total. The van der Waals surface area contributed by atoms with Gasteiger partial charge in [0.25, 0.3) is 15.9 Å². The van der Waals surface area contributed by atoms with Gasteiger partial charge in [0.1, 0.15) is 0 Å². The Kier molecular flexibility index (Phi) is 7.45. The minimum absolute atomic E-state index is 0.0326. The monoisotopic (exact) mass is 516 g/mol. The molecule has 1 aromatic heterocycles. The van der Waals surface area contributed by atoms with Gasteiger partial charge in [-0.05, 0) is 54.1 Å². The van der Waals surface area contributed by atoms with E-state index < -0.39 is 26.0 Å². The molecular weight excluding hydrogens is 492 g/mol. The van der Waals surface area contributed by atoms with Crippen LogP contribution >= 0.6 is 0 Å². The Bertz CT molecular complexity index is 1370. The van der Waals surface area contributed by atoms with Crippen LogP contribution in [-0.4, -0.2) is 58.3 Å². The average molecular weight is 517 g/mol. The number of nitrogens with zero attached hydrogens (tertiary/aromatic N) is 2. The third kappa shape index (κ3) is 6.42. The molecule has 1 aliphatic heterocycles. The van der Waals surface area contributed by atoms with Crippen molar-refractivity contribution < 1.29 is 26.4 Å². The number of nitrogens with one attached hydrogen (secondary N) is 2. The van der Waals surface area contributed by atoms with Crippen LogP contribution in [0.3, 0.4) is 0 Å². The molecular formula is C23H24N4O6S2. The van der Waals surface area contributed by atoms with E-state index in [2.05, 4.69) is 15.0 Å². The molecule has 1 aliphatic rings. The van der Waals surface area contributed by atoms with Crippen molar-refractivity contribution in [1.82, 2.24) is 9.29 Å².